The van der Waals surface area contributed by atoms with Gasteiger partial charge in [-0.05, 0) is 18.6 Å². The highest BCUT2D eigenvalue weighted by Gasteiger charge is 2.21. The number of rotatable bonds is 6. The molecule has 104 valence electrons. The normalized spacial score (nSPS) is 11.7. The van der Waals surface area contributed by atoms with E-state index in [1.165, 1.54) is 25.3 Å². The summed E-state index contributed by atoms with van der Waals surface area (Å²) in [6.45, 7) is 1.83. The predicted octanol–water partition coefficient (Wildman–Crippen LogP) is 1.38. The summed E-state index contributed by atoms with van der Waals surface area (Å²) in [6, 6.07) is 3.24. The summed E-state index contributed by atoms with van der Waals surface area (Å²) in [5.41, 5.74) is 0.0168. The van der Waals surface area contributed by atoms with E-state index >= 15 is 0 Å². The lowest BCUT2D eigenvalue weighted by molar-refractivity contribution is -0.139. The van der Waals surface area contributed by atoms with Crippen LogP contribution in [-0.2, 0) is 4.79 Å². The number of hydrogen-bond donors (Lipinski definition) is 3. The molecule has 1 atom stereocenters. The number of phenols is 1. The molecule has 1 rings (SSSR count). The van der Waals surface area contributed by atoms with E-state index in [0.29, 0.717) is 18.6 Å². The minimum absolute atomic E-state index is 0.0168. The number of amides is 1. The minimum atomic E-state index is -1.09. The average molecular weight is 267 g/mol. The Labute approximate surface area is 111 Å². The smallest absolute Gasteiger partial charge is 0.326 e. The Bertz CT molecular complexity index is 472. The summed E-state index contributed by atoms with van der Waals surface area (Å²) in [7, 11) is 1.44. The molecular weight excluding hydrogens is 250 g/mol. The number of phenolic OH excluding ortho intramolecular Hbond substituents is 1. The molecule has 0 aliphatic rings. The van der Waals surface area contributed by atoms with Crippen LogP contribution in [0.4, 0.5) is 0 Å². The molecule has 0 fully saturated rings. The van der Waals surface area contributed by atoms with Crippen LogP contribution in [0.15, 0.2) is 18.2 Å². The molecule has 1 aromatic carbocycles. The third kappa shape index (κ3) is 3.87. The number of benzene rings is 1. The Morgan fingerprint density at radius 1 is 1.42 bits per heavy atom. The lowest BCUT2D eigenvalue weighted by Gasteiger charge is -2.14. The van der Waals surface area contributed by atoms with Crippen molar-refractivity contribution in [1.29, 1.82) is 0 Å². The van der Waals surface area contributed by atoms with Crippen molar-refractivity contribution >= 4 is 11.9 Å². The molecule has 6 heteroatoms. The van der Waals surface area contributed by atoms with Gasteiger partial charge in [0.15, 0.2) is 0 Å². The van der Waals surface area contributed by atoms with E-state index in [4.69, 9.17) is 9.84 Å². The molecule has 0 radical (unpaired) electrons. The highest BCUT2D eigenvalue weighted by molar-refractivity contribution is 5.98. The Kier molecular flexibility index (Phi) is 5.17. The maximum absolute atomic E-state index is 11.9. The SMILES string of the molecule is CCCC(NC(=O)c1ccc(OC)cc1O)C(=O)O. The Hall–Kier alpha value is -2.24. The topological polar surface area (TPSA) is 95.9 Å². The minimum Gasteiger partial charge on any atom is -0.507 e. The number of carbonyl (C=O) groups is 2. The average Bonchev–Trinajstić information content (AvgIpc) is 2.37. The number of carboxylic acids is 1. The van der Waals surface area contributed by atoms with E-state index < -0.39 is 17.9 Å². The van der Waals surface area contributed by atoms with Crippen molar-refractivity contribution in [2.45, 2.75) is 25.8 Å². The van der Waals surface area contributed by atoms with Crippen LogP contribution in [0.25, 0.3) is 0 Å². The molecule has 0 aliphatic carbocycles. The van der Waals surface area contributed by atoms with Crippen LogP contribution in [0.1, 0.15) is 30.1 Å². The van der Waals surface area contributed by atoms with Crippen LogP contribution in [0, 0.1) is 0 Å². The first-order valence-electron chi connectivity index (χ1n) is 5.90. The van der Waals surface area contributed by atoms with Crippen molar-refractivity contribution < 1.29 is 24.5 Å². The first-order valence-corrected chi connectivity index (χ1v) is 5.90. The van der Waals surface area contributed by atoms with Gasteiger partial charge in [0.2, 0.25) is 0 Å². The van der Waals surface area contributed by atoms with Crippen LogP contribution >= 0.6 is 0 Å². The van der Waals surface area contributed by atoms with Crippen molar-refractivity contribution in [1.82, 2.24) is 5.32 Å². The van der Waals surface area contributed by atoms with E-state index in [2.05, 4.69) is 5.32 Å². The molecule has 19 heavy (non-hydrogen) atoms. The van der Waals surface area contributed by atoms with E-state index in [1.54, 1.807) is 0 Å². The zero-order valence-corrected chi connectivity index (χ0v) is 10.8. The van der Waals surface area contributed by atoms with Gasteiger partial charge in [-0.15, -0.1) is 0 Å². The maximum atomic E-state index is 11.9. The van der Waals surface area contributed by atoms with Gasteiger partial charge in [-0.3, -0.25) is 4.79 Å². The van der Waals surface area contributed by atoms with E-state index in [-0.39, 0.29) is 11.3 Å². The Balaban J connectivity index is 2.85. The van der Waals surface area contributed by atoms with Gasteiger partial charge in [-0.25, -0.2) is 4.79 Å². The molecule has 0 saturated carbocycles. The summed E-state index contributed by atoms with van der Waals surface area (Å²) in [5, 5.41) is 21.0. The number of carboxylic acid groups (broad SMARTS) is 1. The molecule has 0 spiro atoms. The Morgan fingerprint density at radius 2 is 2.11 bits per heavy atom. The number of aromatic hydroxyl groups is 1. The highest BCUT2D eigenvalue weighted by atomic mass is 16.5. The first kappa shape index (κ1) is 14.8. The fraction of sp³-hybridized carbons (Fsp3) is 0.385. The largest absolute Gasteiger partial charge is 0.507 e. The maximum Gasteiger partial charge on any atom is 0.326 e. The van der Waals surface area contributed by atoms with E-state index in [1.807, 2.05) is 6.92 Å². The standard InChI is InChI=1S/C13H17NO5/c1-3-4-10(13(17)18)14-12(16)9-6-5-8(19-2)7-11(9)15/h5-7,10,15H,3-4H2,1-2H3,(H,14,16)(H,17,18). The van der Waals surface area contributed by atoms with Crippen LogP contribution in [0.2, 0.25) is 0 Å². The fourth-order valence-corrected chi connectivity index (χ4v) is 1.61. The second-order valence-electron chi connectivity index (χ2n) is 4.04. The van der Waals surface area contributed by atoms with Crippen molar-refractivity contribution in [3.05, 3.63) is 23.8 Å². The number of methoxy groups -OCH3 is 1. The quantitative estimate of drug-likeness (QED) is 0.723. The van der Waals surface area contributed by atoms with Gasteiger partial charge >= 0.3 is 5.97 Å². The van der Waals surface area contributed by atoms with Gasteiger partial charge in [0, 0.05) is 6.07 Å². The van der Waals surface area contributed by atoms with Crippen LogP contribution in [0.3, 0.4) is 0 Å². The van der Waals surface area contributed by atoms with Gasteiger partial charge in [-0.1, -0.05) is 13.3 Å². The highest BCUT2D eigenvalue weighted by Crippen LogP contribution is 2.23. The second kappa shape index (κ2) is 6.63. The predicted molar refractivity (Wildman–Crippen MR) is 68.5 cm³/mol. The van der Waals surface area contributed by atoms with Gasteiger partial charge in [0.05, 0.1) is 12.7 Å². The molecular formula is C13H17NO5. The number of carbonyl (C=O) groups excluding carboxylic acids is 1. The van der Waals surface area contributed by atoms with Gasteiger partial charge < -0.3 is 20.3 Å². The monoisotopic (exact) mass is 267 g/mol. The van der Waals surface area contributed by atoms with Gasteiger partial charge in [0.25, 0.3) is 5.91 Å². The van der Waals surface area contributed by atoms with Gasteiger partial charge in [-0.2, -0.15) is 0 Å². The zero-order valence-electron chi connectivity index (χ0n) is 10.8. The van der Waals surface area contributed by atoms with Gasteiger partial charge in [0.1, 0.15) is 17.5 Å². The van der Waals surface area contributed by atoms with E-state index in [0.717, 1.165) is 0 Å². The second-order valence-corrected chi connectivity index (χ2v) is 4.04. The van der Waals surface area contributed by atoms with Crippen LogP contribution in [-0.4, -0.2) is 35.2 Å². The van der Waals surface area contributed by atoms with Crippen molar-refractivity contribution in [3.8, 4) is 11.5 Å². The summed E-state index contributed by atoms with van der Waals surface area (Å²) in [4.78, 5) is 22.8. The number of nitrogens with one attached hydrogen (secondary N) is 1. The number of hydrogen-bond acceptors (Lipinski definition) is 4. The fourth-order valence-electron chi connectivity index (χ4n) is 1.61. The van der Waals surface area contributed by atoms with Crippen molar-refractivity contribution in [2.24, 2.45) is 0 Å². The van der Waals surface area contributed by atoms with Crippen molar-refractivity contribution in [3.63, 3.8) is 0 Å². The summed E-state index contributed by atoms with van der Waals surface area (Å²) >= 11 is 0. The molecule has 0 heterocycles. The lowest BCUT2D eigenvalue weighted by Crippen LogP contribution is -2.40. The molecule has 1 amide bonds. The molecule has 3 N–H and O–H groups in total. The molecule has 0 saturated heterocycles. The third-order valence-electron chi connectivity index (χ3n) is 2.63. The zero-order chi connectivity index (χ0) is 14.4. The van der Waals surface area contributed by atoms with E-state index in [9.17, 15) is 14.7 Å². The first-order chi connectivity index (χ1) is 8.99. The molecule has 1 aromatic rings. The summed E-state index contributed by atoms with van der Waals surface area (Å²) < 4.78 is 4.90. The number of ether oxygens (including phenoxy) is 1. The van der Waals surface area contributed by atoms with Crippen LogP contribution < -0.4 is 10.1 Å². The Morgan fingerprint density at radius 3 is 2.58 bits per heavy atom. The van der Waals surface area contributed by atoms with Crippen LogP contribution in [0.5, 0.6) is 11.5 Å². The lowest BCUT2D eigenvalue weighted by atomic mass is 10.1. The number of aliphatic carboxylic acids is 1. The third-order valence-corrected chi connectivity index (χ3v) is 2.63. The molecule has 0 aliphatic heterocycles. The summed E-state index contributed by atoms with van der Waals surface area (Å²) in [6.07, 6.45) is 0.962. The van der Waals surface area contributed by atoms with Crippen molar-refractivity contribution in [2.75, 3.05) is 7.11 Å². The molecule has 0 bridgehead atoms. The summed E-state index contributed by atoms with van der Waals surface area (Å²) in [5.74, 6) is -1.56. The molecule has 1 unspecified atom stereocenters. The molecule has 0 aromatic heterocycles. The molecule has 6 nitrogen and oxygen atoms in total.